The molecule has 1 aliphatic rings. The zero-order chi connectivity index (χ0) is 14.8. The van der Waals surface area contributed by atoms with Crippen LogP contribution in [0.15, 0.2) is 15.4 Å². The maximum atomic E-state index is 12.5. The lowest BCUT2D eigenvalue weighted by atomic mass is 9.96. The zero-order valence-electron chi connectivity index (χ0n) is 11.9. The molecule has 3 N–H and O–H groups in total. The van der Waals surface area contributed by atoms with E-state index < -0.39 is 10.0 Å². The van der Waals surface area contributed by atoms with Crippen molar-refractivity contribution in [1.29, 1.82) is 0 Å². The second-order valence-electron chi connectivity index (χ2n) is 5.12. The molecule has 2 rings (SSSR count). The quantitative estimate of drug-likeness (QED) is 0.867. The van der Waals surface area contributed by atoms with Crippen molar-refractivity contribution in [3.63, 3.8) is 0 Å². The van der Waals surface area contributed by atoms with Crippen LogP contribution in [-0.4, -0.2) is 26.0 Å². The Kier molecular flexibility index (Phi) is 5.17. The number of aryl methyl sites for hydroxylation is 1. The highest BCUT2D eigenvalue weighted by Gasteiger charge is 2.30. The molecule has 114 valence electrons. The summed E-state index contributed by atoms with van der Waals surface area (Å²) >= 11 is 1.73. The summed E-state index contributed by atoms with van der Waals surface area (Å²) in [5.74, 6) is 0.891. The van der Waals surface area contributed by atoms with Gasteiger partial charge in [0, 0.05) is 17.4 Å². The monoisotopic (exact) mass is 318 g/mol. The number of hydrogen-bond donors (Lipinski definition) is 2. The molecule has 2 unspecified atom stereocenters. The minimum atomic E-state index is -3.54. The highest BCUT2D eigenvalue weighted by atomic mass is 32.2. The molecular formula is C13H22N2O3S2. The van der Waals surface area contributed by atoms with Crippen molar-refractivity contribution >= 4 is 21.8 Å². The van der Waals surface area contributed by atoms with Crippen LogP contribution in [-0.2, 0) is 16.6 Å². The number of hydrogen-bond acceptors (Lipinski definition) is 5. The Labute approximate surface area is 124 Å². The molecule has 0 bridgehead atoms. The lowest BCUT2D eigenvalue weighted by Gasteiger charge is -2.30. The molecule has 0 aliphatic heterocycles. The summed E-state index contributed by atoms with van der Waals surface area (Å²) < 4.78 is 33.2. The first-order chi connectivity index (χ1) is 9.47. The molecular weight excluding hydrogens is 296 g/mol. The SMILES string of the molecule is CSC1CCCCC1NS(=O)(=O)c1cc(CN)oc1C. The van der Waals surface area contributed by atoms with Crippen molar-refractivity contribution in [1.82, 2.24) is 4.72 Å². The van der Waals surface area contributed by atoms with Gasteiger partial charge in [-0.3, -0.25) is 0 Å². The number of nitrogens with one attached hydrogen (secondary N) is 1. The van der Waals surface area contributed by atoms with Crippen molar-refractivity contribution in [3.05, 3.63) is 17.6 Å². The molecule has 1 heterocycles. The van der Waals surface area contributed by atoms with Gasteiger partial charge in [-0.05, 0) is 26.0 Å². The van der Waals surface area contributed by atoms with Gasteiger partial charge in [0.25, 0.3) is 0 Å². The predicted octanol–water partition coefficient (Wildman–Crippen LogP) is 2.00. The van der Waals surface area contributed by atoms with Crippen LogP contribution < -0.4 is 10.5 Å². The van der Waals surface area contributed by atoms with Gasteiger partial charge in [0.2, 0.25) is 10.0 Å². The van der Waals surface area contributed by atoms with E-state index in [0.29, 0.717) is 16.8 Å². The first-order valence-electron chi connectivity index (χ1n) is 6.82. The van der Waals surface area contributed by atoms with Gasteiger partial charge in [0.05, 0.1) is 6.54 Å². The maximum Gasteiger partial charge on any atom is 0.244 e. The summed E-state index contributed by atoms with van der Waals surface area (Å²) in [6, 6.07) is 1.52. The second-order valence-corrected chi connectivity index (χ2v) is 7.88. The summed E-state index contributed by atoms with van der Waals surface area (Å²) in [5, 5.41) is 0.347. The first kappa shape index (κ1) is 15.9. The summed E-state index contributed by atoms with van der Waals surface area (Å²) in [4.78, 5) is 0.211. The molecule has 1 aromatic rings. The van der Waals surface area contributed by atoms with Gasteiger partial charge in [-0.1, -0.05) is 12.8 Å². The van der Waals surface area contributed by atoms with Crippen LogP contribution in [0.2, 0.25) is 0 Å². The van der Waals surface area contributed by atoms with Crippen LogP contribution in [0.1, 0.15) is 37.2 Å². The molecule has 0 saturated heterocycles. The molecule has 1 aliphatic carbocycles. The first-order valence-corrected chi connectivity index (χ1v) is 9.59. The molecule has 0 aromatic carbocycles. The van der Waals surface area contributed by atoms with E-state index in [4.69, 9.17) is 10.2 Å². The largest absolute Gasteiger partial charge is 0.464 e. The van der Waals surface area contributed by atoms with E-state index >= 15 is 0 Å². The minimum absolute atomic E-state index is 0.000577. The molecule has 0 amide bonds. The molecule has 1 fully saturated rings. The van der Waals surface area contributed by atoms with Gasteiger partial charge in [-0.25, -0.2) is 13.1 Å². The summed E-state index contributed by atoms with van der Waals surface area (Å²) in [6.45, 7) is 1.86. The molecule has 7 heteroatoms. The number of furan rings is 1. The fraction of sp³-hybridized carbons (Fsp3) is 0.692. The van der Waals surface area contributed by atoms with Crippen molar-refractivity contribution < 1.29 is 12.8 Å². The number of nitrogens with two attached hydrogens (primary N) is 1. The van der Waals surface area contributed by atoms with Gasteiger partial charge in [0.15, 0.2) is 0 Å². The summed E-state index contributed by atoms with van der Waals surface area (Å²) in [7, 11) is -3.54. The second kappa shape index (κ2) is 6.51. The molecule has 20 heavy (non-hydrogen) atoms. The number of sulfonamides is 1. The zero-order valence-corrected chi connectivity index (χ0v) is 13.5. The fourth-order valence-electron chi connectivity index (χ4n) is 2.67. The molecule has 1 saturated carbocycles. The van der Waals surface area contributed by atoms with Crippen LogP contribution >= 0.6 is 11.8 Å². The Morgan fingerprint density at radius 2 is 2.15 bits per heavy atom. The molecule has 0 spiro atoms. The Bertz CT molecular complexity index is 554. The Morgan fingerprint density at radius 1 is 1.45 bits per heavy atom. The average Bonchev–Trinajstić information content (AvgIpc) is 2.81. The fourth-order valence-corrected chi connectivity index (χ4v) is 5.20. The lowest BCUT2D eigenvalue weighted by Crippen LogP contribution is -2.43. The van der Waals surface area contributed by atoms with E-state index in [9.17, 15) is 8.42 Å². The molecule has 0 radical (unpaired) electrons. The van der Waals surface area contributed by atoms with E-state index in [1.54, 1.807) is 18.7 Å². The van der Waals surface area contributed by atoms with Gasteiger partial charge < -0.3 is 10.2 Å². The predicted molar refractivity (Wildman–Crippen MR) is 81.2 cm³/mol. The van der Waals surface area contributed by atoms with Gasteiger partial charge >= 0.3 is 0 Å². The summed E-state index contributed by atoms with van der Waals surface area (Å²) in [5.41, 5.74) is 5.49. The van der Waals surface area contributed by atoms with Crippen LogP contribution in [0.25, 0.3) is 0 Å². The average molecular weight is 318 g/mol. The highest BCUT2D eigenvalue weighted by Crippen LogP contribution is 2.29. The van der Waals surface area contributed by atoms with Crippen molar-refractivity contribution in [2.75, 3.05) is 6.26 Å². The van der Waals surface area contributed by atoms with E-state index in [0.717, 1.165) is 19.3 Å². The Morgan fingerprint density at radius 3 is 2.75 bits per heavy atom. The van der Waals surface area contributed by atoms with Crippen molar-refractivity contribution in [3.8, 4) is 0 Å². The number of thioether (sulfide) groups is 1. The molecule has 2 atom stereocenters. The third-order valence-electron chi connectivity index (χ3n) is 3.73. The number of rotatable bonds is 5. The third kappa shape index (κ3) is 3.39. The van der Waals surface area contributed by atoms with Crippen molar-refractivity contribution in [2.24, 2.45) is 5.73 Å². The van der Waals surface area contributed by atoms with Gasteiger partial charge in [-0.2, -0.15) is 11.8 Å². The summed E-state index contributed by atoms with van der Waals surface area (Å²) in [6.07, 6.45) is 6.24. The molecule has 1 aromatic heterocycles. The molecule has 5 nitrogen and oxygen atoms in total. The van der Waals surface area contributed by atoms with E-state index in [1.165, 1.54) is 12.5 Å². The maximum absolute atomic E-state index is 12.5. The standard InChI is InChI=1S/C13H22N2O3S2/c1-9-13(7-10(8-14)18-9)20(16,17)15-11-5-3-4-6-12(11)19-2/h7,11-12,15H,3-6,8,14H2,1-2H3. The van der Waals surface area contributed by atoms with Crippen LogP contribution in [0.5, 0.6) is 0 Å². The van der Waals surface area contributed by atoms with E-state index in [1.807, 2.05) is 6.26 Å². The smallest absolute Gasteiger partial charge is 0.244 e. The minimum Gasteiger partial charge on any atom is -0.464 e. The lowest BCUT2D eigenvalue weighted by molar-refractivity contribution is 0.422. The highest BCUT2D eigenvalue weighted by molar-refractivity contribution is 7.99. The van der Waals surface area contributed by atoms with Crippen LogP contribution in [0.4, 0.5) is 0 Å². The van der Waals surface area contributed by atoms with E-state index in [-0.39, 0.29) is 17.5 Å². The Hall–Kier alpha value is -0.500. The topological polar surface area (TPSA) is 85.3 Å². The van der Waals surface area contributed by atoms with Crippen LogP contribution in [0.3, 0.4) is 0 Å². The normalized spacial score (nSPS) is 23.9. The van der Waals surface area contributed by atoms with Crippen LogP contribution in [0, 0.1) is 6.92 Å². The van der Waals surface area contributed by atoms with Gasteiger partial charge in [0.1, 0.15) is 16.4 Å². The van der Waals surface area contributed by atoms with Crippen molar-refractivity contribution in [2.45, 2.75) is 55.3 Å². The van der Waals surface area contributed by atoms with Gasteiger partial charge in [-0.15, -0.1) is 0 Å². The van der Waals surface area contributed by atoms with E-state index in [2.05, 4.69) is 4.72 Å². The Balaban J connectivity index is 2.19. The third-order valence-corrected chi connectivity index (χ3v) is 6.49.